The largest absolute Gasteiger partial charge is 0.462 e. The van der Waals surface area contributed by atoms with Gasteiger partial charge in [0.15, 0.2) is 6.10 Å². The lowest BCUT2D eigenvalue weighted by Crippen LogP contribution is -2.72. The number of aliphatic hydroxyl groups is 1. The normalized spacial score (nSPS) is 49.0. The molecule has 0 aromatic rings. The number of esters is 2. The second-order valence-electron chi connectivity index (χ2n) is 14.0. The van der Waals surface area contributed by atoms with E-state index in [0.717, 1.165) is 32.1 Å². The van der Waals surface area contributed by atoms with Crippen LogP contribution in [-0.2, 0) is 23.8 Å². The van der Waals surface area contributed by atoms with E-state index in [1.54, 1.807) is 0 Å². The van der Waals surface area contributed by atoms with Crippen LogP contribution in [0.1, 0.15) is 99.8 Å². The molecule has 1 N–H and O–H groups in total. The fourth-order valence-corrected chi connectivity index (χ4v) is 9.91. The number of hydrogen-bond donors (Lipinski definition) is 1. The van der Waals surface area contributed by atoms with Crippen molar-refractivity contribution in [3.63, 3.8) is 0 Å². The number of rotatable bonds is 6. The summed E-state index contributed by atoms with van der Waals surface area (Å²) in [7, 11) is 0. The maximum Gasteiger partial charge on any atom is 0.303 e. The van der Waals surface area contributed by atoms with E-state index in [2.05, 4.69) is 46.8 Å². The Morgan fingerprint density at radius 1 is 1.00 bits per heavy atom. The molecular formula is C31H48O6. The summed E-state index contributed by atoms with van der Waals surface area (Å²) >= 11 is 0. The molecule has 1 spiro atoms. The van der Waals surface area contributed by atoms with E-state index in [1.807, 2.05) is 0 Å². The third-order valence-corrected chi connectivity index (χ3v) is 11.5. The van der Waals surface area contributed by atoms with E-state index in [-0.39, 0.29) is 41.5 Å². The van der Waals surface area contributed by atoms with Crippen molar-refractivity contribution in [1.29, 1.82) is 0 Å². The van der Waals surface area contributed by atoms with Gasteiger partial charge in [-0.25, -0.2) is 0 Å². The monoisotopic (exact) mass is 516 g/mol. The highest BCUT2D eigenvalue weighted by Crippen LogP contribution is 2.77. The van der Waals surface area contributed by atoms with Gasteiger partial charge in [0.05, 0.1) is 0 Å². The molecule has 1 saturated heterocycles. The minimum Gasteiger partial charge on any atom is -0.462 e. The second kappa shape index (κ2) is 9.08. The molecule has 0 aromatic carbocycles. The number of epoxide rings is 1. The summed E-state index contributed by atoms with van der Waals surface area (Å²) in [6.45, 7) is 14.4. The van der Waals surface area contributed by atoms with Gasteiger partial charge in [-0.1, -0.05) is 46.8 Å². The van der Waals surface area contributed by atoms with Crippen LogP contribution < -0.4 is 0 Å². The average Bonchev–Trinajstić information content (AvgIpc) is 3.39. The molecule has 5 fully saturated rings. The van der Waals surface area contributed by atoms with Crippen LogP contribution in [-0.4, -0.2) is 46.6 Å². The lowest BCUT2D eigenvalue weighted by Gasteiger charge is -2.63. The fraction of sp³-hybridized carbons (Fsp3) is 0.871. The minimum atomic E-state index is -1.29. The number of ether oxygens (including phenoxy) is 3. The first-order valence-corrected chi connectivity index (χ1v) is 14.7. The van der Waals surface area contributed by atoms with Crippen molar-refractivity contribution in [1.82, 2.24) is 0 Å². The molecular weight excluding hydrogens is 468 g/mol. The summed E-state index contributed by atoms with van der Waals surface area (Å²) < 4.78 is 18.3. The van der Waals surface area contributed by atoms with Gasteiger partial charge in [0.25, 0.3) is 0 Å². The molecule has 5 aliphatic rings. The van der Waals surface area contributed by atoms with E-state index < -0.39 is 23.1 Å². The van der Waals surface area contributed by atoms with Gasteiger partial charge in [-0.15, -0.1) is 0 Å². The highest BCUT2D eigenvalue weighted by atomic mass is 16.7. The third kappa shape index (κ3) is 3.94. The lowest BCUT2D eigenvalue weighted by molar-refractivity contribution is -0.255. The van der Waals surface area contributed by atoms with E-state index >= 15 is 0 Å². The van der Waals surface area contributed by atoms with Crippen LogP contribution in [0.3, 0.4) is 0 Å². The summed E-state index contributed by atoms with van der Waals surface area (Å²) in [5.74, 6) is 1.63. The first-order valence-electron chi connectivity index (χ1n) is 14.7. The van der Waals surface area contributed by atoms with Crippen LogP contribution >= 0.6 is 0 Å². The Kier molecular flexibility index (Phi) is 6.67. The van der Waals surface area contributed by atoms with Crippen LogP contribution in [0.2, 0.25) is 0 Å². The molecule has 0 radical (unpaired) electrons. The van der Waals surface area contributed by atoms with Crippen LogP contribution in [0.4, 0.5) is 0 Å². The highest BCUT2D eigenvalue weighted by molar-refractivity contribution is 5.67. The Morgan fingerprint density at radius 3 is 2.35 bits per heavy atom. The zero-order chi connectivity index (χ0) is 27.0. The van der Waals surface area contributed by atoms with Gasteiger partial charge in [-0.05, 0) is 80.0 Å². The molecule has 37 heavy (non-hydrogen) atoms. The molecule has 4 saturated carbocycles. The molecule has 0 unspecified atom stereocenters. The number of carbonyl (C=O) groups excluding carboxylic acids is 2. The Balaban J connectivity index is 1.47. The summed E-state index contributed by atoms with van der Waals surface area (Å²) in [6, 6.07) is 0. The molecule has 6 heteroatoms. The zero-order valence-electron chi connectivity index (χ0n) is 23.9. The van der Waals surface area contributed by atoms with Gasteiger partial charge < -0.3 is 19.3 Å². The summed E-state index contributed by atoms with van der Waals surface area (Å²) in [6.07, 6.45) is 10.7. The molecule has 5 rings (SSSR count). The molecule has 208 valence electrons. The van der Waals surface area contributed by atoms with Gasteiger partial charge in [0, 0.05) is 25.7 Å². The van der Waals surface area contributed by atoms with Gasteiger partial charge >= 0.3 is 11.9 Å². The molecule has 1 aliphatic heterocycles. The van der Waals surface area contributed by atoms with E-state index in [4.69, 9.17) is 14.2 Å². The third-order valence-electron chi connectivity index (χ3n) is 11.5. The minimum absolute atomic E-state index is 0.161. The maximum absolute atomic E-state index is 12.4. The van der Waals surface area contributed by atoms with Crippen molar-refractivity contribution >= 4 is 11.9 Å². The summed E-state index contributed by atoms with van der Waals surface area (Å²) in [5, 5.41) is 12.4. The van der Waals surface area contributed by atoms with Gasteiger partial charge in [0.1, 0.15) is 23.4 Å². The van der Waals surface area contributed by atoms with Crippen LogP contribution in [0.5, 0.6) is 0 Å². The molecule has 0 amide bonds. The Hall–Kier alpha value is -1.40. The standard InChI is InChI=1S/C31H48O6/c1-18(2)9-8-10-19(3)23-11-12-24-28(23,6)15-14-25-29(7)16-13-22(35-20(4)32)17-30(29,34)26(36-21(5)33)27-31(24,25)37-27/h8,10,18-19,22-27,34H,9,11-17H2,1-7H3/b10-8+/t19-,22+,23-,24-,25-,26+,27-,28-,29-,30+,31+/m1/s1. The molecule has 1 heterocycles. The van der Waals surface area contributed by atoms with Crippen molar-refractivity contribution in [2.24, 2.45) is 40.4 Å². The topological polar surface area (TPSA) is 85.4 Å². The first-order chi connectivity index (χ1) is 17.3. The summed E-state index contributed by atoms with van der Waals surface area (Å²) in [4.78, 5) is 24.1. The number of allylic oxidation sites excluding steroid dienone is 2. The predicted octanol–water partition coefficient (Wildman–Crippen LogP) is 5.60. The fourth-order valence-electron chi connectivity index (χ4n) is 9.91. The predicted molar refractivity (Wildman–Crippen MR) is 140 cm³/mol. The van der Waals surface area contributed by atoms with Crippen LogP contribution in [0.25, 0.3) is 0 Å². The SMILES string of the molecule is CC(=O)O[C@H]1CC[C@]2(C)[C@H]3CC[C@]4(C)[C@@H]([C@H](C)/C=C/CC(C)C)CC[C@H]4[C@]34O[C@@H]4[C@H](OC(C)=O)[C@@]2(O)C1. The number of fused-ring (bicyclic) bond motifs is 3. The molecule has 6 nitrogen and oxygen atoms in total. The van der Waals surface area contributed by atoms with E-state index in [0.29, 0.717) is 30.1 Å². The van der Waals surface area contributed by atoms with Gasteiger partial charge in [-0.2, -0.15) is 0 Å². The smallest absolute Gasteiger partial charge is 0.303 e. The van der Waals surface area contributed by atoms with E-state index in [1.165, 1.54) is 20.3 Å². The molecule has 0 bridgehead atoms. The van der Waals surface area contributed by atoms with Crippen molar-refractivity contribution in [2.75, 3.05) is 0 Å². The zero-order valence-corrected chi connectivity index (χ0v) is 23.9. The highest BCUT2D eigenvalue weighted by Gasteiger charge is 2.85. The number of hydrogen-bond acceptors (Lipinski definition) is 6. The summed E-state index contributed by atoms with van der Waals surface area (Å²) in [5.41, 5.74) is -1.95. The van der Waals surface area contributed by atoms with E-state index in [9.17, 15) is 14.7 Å². The Labute approximate surface area is 222 Å². The van der Waals surface area contributed by atoms with Gasteiger partial charge in [-0.3, -0.25) is 9.59 Å². The van der Waals surface area contributed by atoms with Gasteiger partial charge in [0.2, 0.25) is 0 Å². The Morgan fingerprint density at radius 2 is 1.70 bits per heavy atom. The lowest BCUT2D eigenvalue weighted by atomic mass is 9.42. The van der Waals surface area contributed by atoms with Crippen molar-refractivity contribution in [3.05, 3.63) is 12.2 Å². The maximum atomic E-state index is 12.4. The molecule has 4 aliphatic carbocycles. The number of carbonyl (C=O) groups is 2. The quantitative estimate of drug-likeness (QED) is 0.281. The van der Waals surface area contributed by atoms with Crippen molar-refractivity contribution < 1.29 is 28.9 Å². The van der Waals surface area contributed by atoms with Crippen molar-refractivity contribution in [3.8, 4) is 0 Å². The van der Waals surface area contributed by atoms with Crippen LogP contribution in [0.15, 0.2) is 12.2 Å². The average molecular weight is 517 g/mol. The van der Waals surface area contributed by atoms with Crippen LogP contribution in [0, 0.1) is 40.4 Å². The van der Waals surface area contributed by atoms with Crippen molar-refractivity contribution in [2.45, 2.75) is 129 Å². The molecule has 11 atom stereocenters. The Bertz CT molecular complexity index is 959. The second-order valence-corrected chi connectivity index (χ2v) is 14.0. The first kappa shape index (κ1) is 27.2. The molecule has 0 aromatic heterocycles.